The number of rotatable bonds is 4. The minimum Gasteiger partial charge on any atom is -0.449 e. The number of hydrogen-bond donors (Lipinski definition) is 2. The number of thioether (sulfide) groups is 1. The van der Waals surface area contributed by atoms with Crippen LogP contribution in [0.15, 0.2) is 57.8 Å². The molecule has 0 bridgehead atoms. The van der Waals surface area contributed by atoms with Gasteiger partial charge in [-0.3, -0.25) is 9.59 Å². The number of fused-ring (bicyclic) bond motifs is 1. The highest BCUT2D eigenvalue weighted by Gasteiger charge is 2.21. The maximum Gasteiger partial charge on any atom is 0.286 e. The highest BCUT2D eigenvalue weighted by molar-refractivity contribution is 7.98. The Balaban J connectivity index is 2.05. The first-order valence-electron chi connectivity index (χ1n) is 6.87. The van der Waals surface area contributed by atoms with Crippen LogP contribution in [-0.2, 0) is 0 Å². The van der Waals surface area contributed by atoms with E-state index in [4.69, 9.17) is 10.2 Å². The standard InChI is InChI=1S/C17H14N2O3S/c1-23-13-9-5-3-7-11(13)17(21)19-14-10-6-2-4-8-12(10)22-15(14)16(18)20/h2-9H,1H3,(H2,18,20)(H,19,21). The fraction of sp³-hybridized carbons (Fsp3) is 0.0588. The molecule has 3 N–H and O–H groups in total. The summed E-state index contributed by atoms with van der Waals surface area (Å²) in [7, 11) is 0. The molecular formula is C17H14N2O3S. The van der Waals surface area contributed by atoms with Crippen LogP contribution in [0.25, 0.3) is 11.0 Å². The number of benzene rings is 2. The minimum absolute atomic E-state index is 0.0545. The van der Waals surface area contributed by atoms with Crippen LogP contribution in [-0.4, -0.2) is 18.1 Å². The van der Waals surface area contributed by atoms with Gasteiger partial charge in [0.05, 0.1) is 5.56 Å². The van der Waals surface area contributed by atoms with Gasteiger partial charge in [0.25, 0.3) is 11.8 Å². The Morgan fingerprint density at radius 3 is 2.52 bits per heavy atom. The predicted octanol–water partition coefficient (Wildman–Crippen LogP) is 3.51. The maximum absolute atomic E-state index is 12.6. The van der Waals surface area contributed by atoms with Crippen molar-refractivity contribution in [1.29, 1.82) is 0 Å². The van der Waals surface area contributed by atoms with Crippen molar-refractivity contribution in [1.82, 2.24) is 0 Å². The zero-order valence-corrected chi connectivity index (χ0v) is 13.1. The van der Waals surface area contributed by atoms with Gasteiger partial charge in [-0.15, -0.1) is 11.8 Å². The van der Waals surface area contributed by atoms with Crippen molar-refractivity contribution in [2.45, 2.75) is 4.90 Å². The third-order valence-electron chi connectivity index (χ3n) is 3.41. The van der Waals surface area contributed by atoms with Crippen LogP contribution in [0.1, 0.15) is 20.9 Å². The van der Waals surface area contributed by atoms with Crippen molar-refractivity contribution in [3.63, 3.8) is 0 Å². The van der Waals surface area contributed by atoms with Crippen molar-refractivity contribution < 1.29 is 14.0 Å². The molecule has 2 aromatic carbocycles. The van der Waals surface area contributed by atoms with Crippen LogP contribution in [0, 0.1) is 0 Å². The molecule has 0 aliphatic rings. The summed E-state index contributed by atoms with van der Waals surface area (Å²) in [5.41, 5.74) is 6.68. The predicted molar refractivity (Wildman–Crippen MR) is 90.9 cm³/mol. The highest BCUT2D eigenvalue weighted by Crippen LogP contribution is 2.31. The fourth-order valence-corrected chi connectivity index (χ4v) is 2.95. The van der Waals surface area contributed by atoms with E-state index in [2.05, 4.69) is 5.32 Å². The second-order valence-electron chi connectivity index (χ2n) is 4.82. The molecule has 23 heavy (non-hydrogen) atoms. The van der Waals surface area contributed by atoms with Crippen molar-refractivity contribution >= 4 is 40.2 Å². The molecule has 3 aromatic rings. The molecule has 0 aliphatic carbocycles. The normalized spacial score (nSPS) is 10.7. The van der Waals surface area contributed by atoms with Gasteiger partial charge in [0.1, 0.15) is 11.3 Å². The van der Waals surface area contributed by atoms with E-state index >= 15 is 0 Å². The van der Waals surface area contributed by atoms with E-state index in [1.54, 1.807) is 36.4 Å². The number of nitrogens with one attached hydrogen (secondary N) is 1. The van der Waals surface area contributed by atoms with Crippen LogP contribution in [0.4, 0.5) is 5.69 Å². The number of anilines is 1. The Bertz CT molecular complexity index is 902. The SMILES string of the molecule is CSc1ccccc1C(=O)Nc1c(C(N)=O)oc2ccccc12. The average molecular weight is 326 g/mol. The lowest BCUT2D eigenvalue weighted by Gasteiger charge is -2.08. The summed E-state index contributed by atoms with van der Waals surface area (Å²) in [6, 6.07) is 14.3. The van der Waals surface area contributed by atoms with E-state index in [0.29, 0.717) is 22.2 Å². The molecule has 1 heterocycles. The summed E-state index contributed by atoms with van der Waals surface area (Å²) in [4.78, 5) is 25.0. The van der Waals surface area contributed by atoms with E-state index in [-0.39, 0.29) is 11.7 Å². The molecule has 0 unspecified atom stereocenters. The smallest absolute Gasteiger partial charge is 0.286 e. The van der Waals surface area contributed by atoms with Crippen LogP contribution >= 0.6 is 11.8 Å². The quantitative estimate of drug-likeness (QED) is 0.719. The molecule has 1 aromatic heterocycles. The van der Waals surface area contributed by atoms with Gasteiger partial charge in [0.15, 0.2) is 0 Å². The number of primary amides is 1. The second kappa shape index (κ2) is 6.18. The molecule has 116 valence electrons. The summed E-state index contributed by atoms with van der Waals surface area (Å²) < 4.78 is 5.46. The molecule has 0 radical (unpaired) electrons. The third-order valence-corrected chi connectivity index (χ3v) is 4.21. The van der Waals surface area contributed by atoms with Crippen LogP contribution in [0.3, 0.4) is 0 Å². The Morgan fingerprint density at radius 2 is 1.78 bits per heavy atom. The monoisotopic (exact) mass is 326 g/mol. The summed E-state index contributed by atoms with van der Waals surface area (Å²) in [6.45, 7) is 0. The van der Waals surface area contributed by atoms with Crippen LogP contribution < -0.4 is 11.1 Å². The summed E-state index contributed by atoms with van der Waals surface area (Å²) in [5, 5.41) is 3.39. The van der Waals surface area contributed by atoms with E-state index in [9.17, 15) is 9.59 Å². The van der Waals surface area contributed by atoms with E-state index in [0.717, 1.165) is 4.90 Å². The molecule has 3 rings (SSSR count). The van der Waals surface area contributed by atoms with E-state index < -0.39 is 5.91 Å². The first-order chi connectivity index (χ1) is 11.1. The van der Waals surface area contributed by atoms with Gasteiger partial charge in [0.2, 0.25) is 5.76 Å². The molecule has 0 fully saturated rings. The molecule has 0 saturated carbocycles. The molecule has 5 nitrogen and oxygen atoms in total. The van der Waals surface area contributed by atoms with Crippen LogP contribution in [0.5, 0.6) is 0 Å². The molecule has 2 amide bonds. The molecule has 0 aliphatic heterocycles. The largest absolute Gasteiger partial charge is 0.449 e. The lowest BCUT2D eigenvalue weighted by atomic mass is 10.1. The van der Waals surface area contributed by atoms with E-state index in [1.165, 1.54) is 11.8 Å². The summed E-state index contributed by atoms with van der Waals surface area (Å²) in [5.74, 6) is -1.10. The first-order valence-corrected chi connectivity index (χ1v) is 8.10. The zero-order valence-electron chi connectivity index (χ0n) is 12.3. The first kappa shape index (κ1) is 15.2. The average Bonchev–Trinajstić information content (AvgIpc) is 2.94. The Kier molecular flexibility index (Phi) is 4.08. The fourth-order valence-electron chi connectivity index (χ4n) is 2.36. The number of hydrogen-bond acceptors (Lipinski definition) is 4. The molecule has 6 heteroatoms. The number of furan rings is 1. The second-order valence-corrected chi connectivity index (χ2v) is 5.67. The van der Waals surface area contributed by atoms with E-state index in [1.807, 2.05) is 18.4 Å². The topological polar surface area (TPSA) is 85.3 Å². The van der Waals surface area contributed by atoms with Crippen molar-refractivity contribution in [3.05, 3.63) is 59.9 Å². The van der Waals surface area contributed by atoms with Crippen molar-refractivity contribution in [3.8, 4) is 0 Å². The minimum atomic E-state index is -0.727. The zero-order chi connectivity index (χ0) is 16.4. The van der Waals surface area contributed by atoms with Gasteiger partial charge in [-0.05, 0) is 30.5 Å². The number of carbonyl (C=O) groups is 2. The molecule has 0 spiro atoms. The van der Waals surface area contributed by atoms with Gasteiger partial charge in [-0.25, -0.2) is 0 Å². The van der Waals surface area contributed by atoms with Gasteiger partial charge in [-0.2, -0.15) is 0 Å². The third kappa shape index (κ3) is 2.80. The Hall–Kier alpha value is -2.73. The number of para-hydroxylation sites is 1. The molecule has 0 saturated heterocycles. The maximum atomic E-state index is 12.6. The Morgan fingerprint density at radius 1 is 1.09 bits per heavy atom. The number of nitrogens with two attached hydrogens (primary N) is 1. The lowest BCUT2D eigenvalue weighted by Crippen LogP contribution is -2.17. The summed E-state index contributed by atoms with van der Waals surface area (Å²) >= 11 is 1.47. The highest BCUT2D eigenvalue weighted by atomic mass is 32.2. The molecular weight excluding hydrogens is 312 g/mol. The lowest BCUT2D eigenvalue weighted by molar-refractivity contribution is 0.0977. The number of amides is 2. The molecule has 0 atom stereocenters. The van der Waals surface area contributed by atoms with Gasteiger partial charge in [0, 0.05) is 10.3 Å². The Labute approximate surface area is 136 Å². The van der Waals surface area contributed by atoms with Crippen molar-refractivity contribution in [2.75, 3.05) is 11.6 Å². The van der Waals surface area contributed by atoms with Gasteiger partial charge < -0.3 is 15.5 Å². The number of carbonyl (C=O) groups excluding carboxylic acids is 2. The van der Waals surface area contributed by atoms with Gasteiger partial charge >= 0.3 is 0 Å². The summed E-state index contributed by atoms with van der Waals surface area (Å²) in [6.07, 6.45) is 1.90. The van der Waals surface area contributed by atoms with Gasteiger partial charge in [-0.1, -0.05) is 24.3 Å². The van der Waals surface area contributed by atoms with Crippen molar-refractivity contribution in [2.24, 2.45) is 5.73 Å². The van der Waals surface area contributed by atoms with Crippen LogP contribution in [0.2, 0.25) is 0 Å².